The zero-order valence-corrected chi connectivity index (χ0v) is 8.97. The summed E-state index contributed by atoms with van der Waals surface area (Å²) in [6.07, 6.45) is 4.24. The van der Waals surface area contributed by atoms with Crippen LogP contribution in [0.25, 0.3) is 0 Å². The van der Waals surface area contributed by atoms with Crippen LogP contribution < -0.4 is 0 Å². The van der Waals surface area contributed by atoms with Gasteiger partial charge in [0.25, 0.3) is 5.91 Å². The van der Waals surface area contributed by atoms with Gasteiger partial charge in [-0.1, -0.05) is 0 Å². The van der Waals surface area contributed by atoms with Gasteiger partial charge in [0.05, 0.1) is 5.56 Å². The number of hydrogen-bond acceptors (Lipinski definition) is 3. The van der Waals surface area contributed by atoms with Crippen LogP contribution in [0.2, 0.25) is 0 Å². The molecular weight excluding hydrogens is 210 g/mol. The molecule has 5 heteroatoms. The van der Waals surface area contributed by atoms with Gasteiger partial charge in [-0.15, -0.1) is 0 Å². The quantitative estimate of drug-likeness (QED) is 0.844. The molecule has 86 valence electrons. The Hall–Kier alpha value is -1.78. The lowest BCUT2D eigenvalue weighted by atomic mass is 9.92. The van der Waals surface area contributed by atoms with E-state index in [9.17, 15) is 9.59 Å². The van der Waals surface area contributed by atoms with Crippen molar-refractivity contribution in [3.8, 4) is 0 Å². The molecule has 2 rings (SSSR count). The van der Waals surface area contributed by atoms with Gasteiger partial charge in [0.1, 0.15) is 6.26 Å². The van der Waals surface area contributed by atoms with Gasteiger partial charge in [-0.3, -0.25) is 4.79 Å². The minimum absolute atomic E-state index is 0.00496. The average Bonchev–Trinajstić information content (AvgIpc) is 2.62. The van der Waals surface area contributed by atoms with Crippen LogP contribution in [0.1, 0.15) is 40.2 Å². The lowest BCUT2D eigenvalue weighted by Gasteiger charge is -2.34. The predicted molar refractivity (Wildman–Crippen MR) is 55.4 cm³/mol. The Balaban J connectivity index is 2.10. The summed E-state index contributed by atoms with van der Waals surface area (Å²) in [6, 6.07) is 1.53. The molecule has 1 amide bonds. The second-order valence-electron chi connectivity index (χ2n) is 4.01. The monoisotopic (exact) mass is 223 g/mol. The zero-order valence-electron chi connectivity index (χ0n) is 8.97. The van der Waals surface area contributed by atoms with Gasteiger partial charge in [0.15, 0.2) is 5.76 Å². The van der Waals surface area contributed by atoms with Crippen molar-refractivity contribution in [1.82, 2.24) is 4.90 Å². The molecule has 1 aliphatic carbocycles. The molecule has 1 aromatic rings. The molecule has 1 aliphatic rings. The summed E-state index contributed by atoms with van der Waals surface area (Å²) in [6.45, 7) is 0. The highest BCUT2D eigenvalue weighted by Crippen LogP contribution is 2.25. The summed E-state index contributed by atoms with van der Waals surface area (Å²) in [7, 11) is 1.72. The van der Waals surface area contributed by atoms with E-state index in [1.165, 1.54) is 6.07 Å². The summed E-state index contributed by atoms with van der Waals surface area (Å²) < 4.78 is 4.96. The van der Waals surface area contributed by atoms with E-state index in [2.05, 4.69) is 0 Å². The van der Waals surface area contributed by atoms with E-state index in [4.69, 9.17) is 9.52 Å². The fourth-order valence-corrected chi connectivity index (χ4v) is 1.67. The van der Waals surface area contributed by atoms with E-state index in [-0.39, 0.29) is 23.3 Å². The van der Waals surface area contributed by atoms with Crippen molar-refractivity contribution in [3.05, 3.63) is 23.7 Å². The number of rotatable bonds is 3. The van der Waals surface area contributed by atoms with E-state index < -0.39 is 5.97 Å². The first kappa shape index (κ1) is 10.7. The molecule has 16 heavy (non-hydrogen) atoms. The van der Waals surface area contributed by atoms with Crippen LogP contribution >= 0.6 is 0 Å². The second kappa shape index (κ2) is 4.00. The predicted octanol–water partition coefficient (Wildman–Crippen LogP) is 1.60. The molecule has 0 spiro atoms. The highest BCUT2D eigenvalue weighted by atomic mass is 16.4. The van der Waals surface area contributed by atoms with Crippen LogP contribution in [0.3, 0.4) is 0 Å². The number of aromatic carboxylic acids is 1. The fourth-order valence-electron chi connectivity index (χ4n) is 1.67. The molecule has 1 fully saturated rings. The first-order chi connectivity index (χ1) is 7.59. The Bertz CT molecular complexity index is 419. The summed E-state index contributed by atoms with van der Waals surface area (Å²) in [5.41, 5.74) is 0.00496. The molecular formula is C11H13NO4. The Kier molecular flexibility index (Phi) is 2.68. The maximum atomic E-state index is 11.9. The van der Waals surface area contributed by atoms with Crippen LogP contribution in [0.4, 0.5) is 0 Å². The lowest BCUT2D eigenvalue weighted by Crippen LogP contribution is -2.41. The van der Waals surface area contributed by atoms with E-state index in [0.717, 1.165) is 25.5 Å². The number of carboxylic acid groups (broad SMARTS) is 1. The Morgan fingerprint density at radius 3 is 2.62 bits per heavy atom. The van der Waals surface area contributed by atoms with E-state index in [0.29, 0.717) is 0 Å². The smallest absolute Gasteiger partial charge is 0.338 e. The third kappa shape index (κ3) is 1.80. The molecule has 1 aromatic heterocycles. The van der Waals surface area contributed by atoms with Gasteiger partial charge in [-0.2, -0.15) is 0 Å². The molecule has 1 heterocycles. The number of amides is 1. The van der Waals surface area contributed by atoms with Crippen molar-refractivity contribution in [2.24, 2.45) is 0 Å². The van der Waals surface area contributed by atoms with Crippen molar-refractivity contribution in [2.45, 2.75) is 25.3 Å². The van der Waals surface area contributed by atoms with Gasteiger partial charge < -0.3 is 14.4 Å². The van der Waals surface area contributed by atoms with E-state index >= 15 is 0 Å². The lowest BCUT2D eigenvalue weighted by molar-refractivity contribution is 0.0619. The van der Waals surface area contributed by atoms with Crippen LogP contribution in [-0.4, -0.2) is 35.0 Å². The topological polar surface area (TPSA) is 70.8 Å². The Morgan fingerprint density at radius 1 is 1.50 bits per heavy atom. The van der Waals surface area contributed by atoms with Crippen LogP contribution in [0, 0.1) is 0 Å². The number of carbonyl (C=O) groups is 2. The molecule has 1 N–H and O–H groups in total. The van der Waals surface area contributed by atoms with Crippen LogP contribution in [-0.2, 0) is 0 Å². The van der Waals surface area contributed by atoms with Crippen LogP contribution in [0.15, 0.2) is 16.7 Å². The summed E-state index contributed by atoms with van der Waals surface area (Å²) in [5.74, 6) is -1.25. The number of furan rings is 1. The van der Waals surface area contributed by atoms with Crippen molar-refractivity contribution in [2.75, 3.05) is 7.05 Å². The normalized spacial score (nSPS) is 15.6. The number of hydrogen-bond donors (Lipinski definition) is 1. The van der Waals surface area contributed by atoms with Gasteiger partial charge in [0.2, 0.25) is 0 Å². The second-order valence-corrected chi connectivity index (χ2v) is 4.01. The van der Waals surface area contributed by atoms with E-state index in [1.807, 2.05) is 0 Å². The fraction of sp³-hybridized carbons (Fsp3) is 0.455. The number of nitrogens with zero attached hydrogens (tertiary/aromatic N) is 1. The molecule has 0 unspecified atom stereocenters. The van der Waals surface area contributed by atoms with Crippen molar-refractivity contribution in [1.29, 1.82) is 0 Å². The minimum Gasteiger partial charge on any atom is -0.478 e. The summed E-state index contributed by atoms with van der Waals surface area (Å²) >= 11 is 0. The standard InChI is InChI=1S/C11H13NO4/c1-12(8-3-2-4-8)10(13)9-5-7(6-16-9)11(14)15/h5-6,8H,2-4H2,1H3,(H,14,15). The molecule has 0 radical (unpaired) electrons. The van der Waals surface area contributed by atoms with Gasteiger partial charge >= 0.3 is 5.97 Å². The minimum atomic E-state index is -1.09. The van der Waals surface area contributed by atoms with Crippen molar-refractivity contribution in [3.63, 3.8) is 0 Å². The highest BCUT2D eigenvalue weighted by Gasteiger charge is 2.28. The first-order valence-corrected chi connectivity index (χ1v) is 5.18. The van der Waals surface area contributed by atoms with Gasteiger partial charge in [-0.05, 0) is 19.3 Å². The van der Waals surface area contributed by atoms with E-state index in [1.54, 1.807) is 11.9 Å². The molecule has 0 atom stereocenters. The SMILES string of the molecule is CN(C(=O)c1cc(C(=O)O)co1)C1CCC1. The van der Waals surface area contributed by atoms with Gasteiger partial charge in [0, 0.05) is 19.2 Å². The first-order valence-electron chi connectivity index (χ1n) is 5.18. The molecule has 1 saturated carbocycles. The third-order valence-corrected chi connectivity index (χ3v) is 3.00. The third-order valence-electron chi connectivity index (χ3n) is 3.00. The van der Waals surface area contributed by atoms with Crippen molar-refractivity contribution >= 4 is 11.9 Å². The summed E-state index contributed by atoms with van der Waals surface area (Å²) in [4.78, 5) is 24.1. The highest BCUT2D eigenvalue weighted by molar-refractivity contribution is 5.95. The average molecular weight is 223 g/mol. The molecule has 0 aliphatic heterocycles. The summed E-state index contributed by atoms with van der Waals surface area (Å²) in [5, 5.41) is 8.70. The molecule has 0 aromatic carbocycles. The number of carboxylic acids is 1. The Morgan fingerprint density at radius 2 is 2.19 bits per heavy atom. The van der Waals surface area contributed by atoms with Crippen molar-refractivity contribution < 1.29 is 19.1 Å². The number of carbonyl (C=O) groups excluding carboxylic acids is 1. The van der Waals surface area contributed by atoms with Crippen LogP contribution in [0.5, 0.6) is 0 Å². The maximum absolute atomic E-state index is 11.9. The molecule has 0 saturated heterocycles. The Labute approximate surface area is 92.7 Å². The maximum Gasteiger partial charge on any atom is 0.338 e. The molecule has 0 bridgehead atoms. The molecule has 5 nitrogen and oxygen atoms in total. The zero-order chi connectivity index (χ0) is 11.7. The largest absolute Gasteiger partial charge is 0.478 e. The van der Waals surface area contributed by atoms with Gasteiger partial charge in [-0.25, -0.2) is 4.79 Å².